The minimum atomic E-state index is 0.210. The molecular formula is C33H67N2O+. The fourth-order valence-electron chi connectivity index (χ4n) is 5.30. The average molecular weight is 508 g/mol. The summed E-state index contributed by atoms with van der Waals surface area (Å²) in [5.41, 5.74) is 0. The number of carbonyl (C=O) groups excluding carboxylic acids is 1. The van der Waals surface area contributed by atoms with Crippen LogP contribution in [0.3, 0.4) is 0 Å². The van der Waals surface area contributed by atoms with Crippen LogP contribution in [0.5, 0.6) is 0 Å². The van der Waals surface area contributed by atoms with Crippen molar-refractivity contribution in [3.8, 4) is 0 Å². The molecule has 0 heterocycles. The van der Waals surface area contributed by atoms with E-state index in [0.717, 1.165) is 19.4 Å². The molecule has 0 aromatic heterocycles. The van der Waals surface area contributed by atoms with E-state index in [2.05, 4.69) is 39.8 Å². The van der Waals surface area contributed by atoms with Crippen molar-refractivity contribution >= 4 is 5.91 Å². The van der Waals surface area contributed by atoms with Gasteiger partial charge in [0, 0.05) is 6.04 Å². The molecule has 3 heteroatoms. The SMILES string of the molecule is C=CC[N+](C)(C)CC(=O)NC(CCCCCCCCCCCC)CCCCCCCCCCCCC. The van der Waals surface area contributed by atoms with E-state index in [0.29, 0.717) is 17.1 Å². The van der Waals surface area contributed by atoms with Gasteiger partial charge in [0.1, 0.15) is 0 Å². The number of rotatable bonds is 28. The van der Waals surface area contributed by atoms with Crippen LogP contribution in [-0.2, 0) is 4.79 Å². The predicted octanol–water partition coefficient (Wildman–Crippen LogP) is 9.75. The largest absolute Gasteiger partial charge is 0.348 e. The molecule has 0 aromatic carbocycles. The Bertz CT molecular complexity index is 488. The zero-order chi connectivity index (χ0) is 26.7. The summed E-state index contributed by atoms with van der Waals surface area (Å²) in [5.74, 6) is 0.210. The molecule has 0 aromatic rings. The summed E-state index contributed by atoms with van der Waals surface area (Å²) in [6, 6.07) is 0.355. The third-order valence-corrected chi connectivity index (χ3v) is 7.62. The van der Waals surface area contributed by atoms with Crippen molar-refractivity contribution < 1.29 is 9.28 Å². The van der Waals surface area contributed by atoms with Crippen LogP contribution in [-0.4, -0.2) is 43.6 Å². The first-order chi connectivity index (χ1) is 17.4. The first kappa shape index (κ1) is 35.2. The number of nitrogens with one attached hydrogen (secondary N) is 1. The molecule has 0 saturated heterocycles. The second-order valence-electron chi connectivity index (χ2n) is 12.1. The molecule has 0 spiro atoms. The van der Waals surface area contributed by atoms with Gasteiger partial charge in [-0.25, -0.2) is 0 Å². The first-order valence-electron chi connectivity index (χ1n) is 16.2. The monoisotopic (exact) mass is 508 g/mol. The van der Waals surface area contributed by atoms with Crippen LogP contribution in [0.2, 0.25) is 0 Å². The molecule has 0 aliphatic rings. The van der Waals surface area contributed by atoms with Crippen molar-refractivity contribution in [2.45, 2.75) is 168 Å². The molecule has 0 aliphatic carbocycles. The highest BCUT2D eigenvalue weighted by molar-refractivity contribution is 5.77. The van der Waals surface area contributed by atoms with Crippen molar-refractivity contribution in [2.24, 2.45) is 0 Å². The third-order valence-electron chi connectivity index (χ3n) is 7.62. The maximum Gasteiger partial charge on any atom is 0.275 e. The second-order valence-corrected chi connectivity index (χ2v) is 12.1. The molecule has 0 bridgehead atoms. The van der Waals surface area contributed by atoms with Gasteiger partial charge >= 0.3 is 0 Å². The molecule has 0 saturated carbocycles. The van der Waals surface area contributed by atoms with E-state index in [1.54, 1.807) is 0 Å². The van der Waals surface area contributed by atoms with Gasteiger partial charge in [0.25, 0.3) is 5.91 Å². The number of amides is 1. The van der Waals surface area contributed by atoms with Gasteiger partial charge in [0.05, 0.1) is 20.6 Å². The van der Waals surface area contributed by atoms with Gasteiger partial charge in [-0.1, -0.05) is 155 Å². The third kappa shape index (κ3) is 24.8. The zero-order valence-electron chi connectivity index (χ0n) is 25.4. The molecule has 1 N–H and O–H groups in total. The van der Waals surface area contributed by atoms with E-state index in [-0.39, 0.29) is 5.91 Å². The van der Waals surface area contributed by atoms with E-state index in [1.165, 1.54) is 135 Å². The summed E-state index contributed by atoms with van der Waals surface area (Å²) in [6.45, 7) is 9.79. The summed E-state index contributed by atoms with van der Waals surface area (Å²) in [7, 11) is 4.23. The lowest BCUT2D eigenvalue weighted by Gasteiger charge is -2.28. The van der Waals surface area contributed by atoms with Gasteiger partial charge in [-0.2, -0.15) is 0 Å². The van der Waals surface area contributed by atoms with E-state index >= 15 is 0 Å². The van der Waals surface area contributed by atoms with E-state index < -0.39 is 0 Å². The highest BCUT2D eigenvalue weighted by Crippen LogP contribution is 2.16. The summed E-state index contributed by atoms with van der Waals surface area (Å²) in [4.78, 5) is 12.8. The highest BCUT2D eigenvalue weighted by Gasteiger charge is 2.20. The standard InChI is InChI=1S/C33H66N2O/c1-6-9-11-13-15-17-19-21-23-25-27-29-32(34-33(36)31-35(4,5)30-8-3)28-26-24-22-20-18-16-14-12-10-7-2/h8,32H,3,6-7,9-31H2,1-2,4-5H3/p+1. The van der Waals surface area contributed by atoms with Crippen LogP contribution in [0.15, 0.2) is 12.7 Å². The summed E-state index contributed by atoms with van der Waals surface area (Å²) in [5, 5.41) is 3.41. The number of nitrogens with zero attached hydrogens (tertiary/aromatic N) is 1. The normalized spacial score (nSPS) is 12.6. The van der Waals surface area contributed by atoms with E-state index in [4.69, 9.17) is 0 Å². The lowest BCUT2D eigenvalue weighted by molar-refractivity contribution is -0.876. The minimum absolute atomic E-state index is 0.210. The van der Waals surface area contributed by atoms with Crippen LogP contribution in [0, 0.1) is 0 Å². The maximum absolute atomic E-state index is 12.8. The molecule has 3 nitrogen and oxygen atoms in total. The number of hydrogen-bond acceptors (Lipinski definition) is 1. The van der Waals surface area contributed by atoms with Gasteiger partial charge in [0.2, 0.25) is 0 Å². The Balaban J connectivity index is 4.14. The quantitative estimate of drug-likeness (QED) is 0.0637. The van der Waals surface area contributed by atoms with Gasteiger partial charge in [-0.05, 0) is 18.9 Å². The predicted molar refractivity (Wildman–Crippen MR) is 162 cm³/mol. The Kier molecular flexibility index (Phi) is 25.2. The summed E-state index contributed by atoms with van der Waals surface area (Å²) in [6.07, 6.45) is 33.1. The van der Waals surface area contributed by atoms with Gasteiger partial charge in [-0.15, -0.1) is 0 Å². The van der Waals surface area contributed by atoms with E-state index in [1.807, 2.05) is 6.08 Å². The van der Waals surface area contributed by atoms with E-state index in [9.17, 15) is 4.79 Å². The van der Waals surface area contributed by atoms with Crippen molar-refractivity contribution in [1.82, 2.24) is 5.32 Å². The van der Waals surface area contributed by atoms with Crippen LogP contribution in [0.25, 0.3) is 0 Å². The highest BCUT2D eigenvalue weighted by atomic mass is 16.2. The smallest absolute Gasteiger partial charge is 0.275 e. The number of quaternary nitrogens is 1. The fourth-order valence-corrected chi connectivity index (χ4v) is 5.30. The van der Waals surface area contributed by atoms with Crippen LogP contribution >= 0.6 is 0 Å². The Hall–Kier alpha value is -0.830. The molecule has 1 atom stereocenters. The average Bonchev–Trinajstić information content (AvgIpc) is 2.83. The number of unbranched alkanes of at least 4 members (excludes halogenated alkanes) is 19. The maximum atomic E-state index is 12.8. The molecule has 0 aliphatic heterocycles. The summed E-state index contributed by atoms with van der Waals surface area (Å²) < 4.78 is 0.679. The Morgan fingerprint density at radius 3 is 1.31 bits per heavy atom. The molecule has 36 heavy (non-hydrogen) atoms. The zero-order valence-corrected chi connectivity index (χ0v) is 25.4. The summed E-state index contributed by atoms with van der Waals surface area (Å²) >= 11 is 0. The lowest BCUT2D eigenvalue weighted by atomic mass is 9.99. The van der Waals surface area contributed by atoms with Crippen LogP contribution in [0.1, 0.15) is 162 Å². The minimum Gasteiger partial charge on any atom is -0.348 e. The van der Waals surface area contributed by atoms with Crippen molar-refractivity contribution in [3.63, 3.8) is 0 Å². The van der Waals surface area contributed by atoms with Crippen LogP contribution < -0.4 is 5.32 Å². The molecule has 0 fully saturated rings. The number of carbonyl (C=O) groups is 1. The first-order valence-corrected chi connectivity index (χ1v) is 16.2. The topological polar surface area (TPSA) is 29.1 Å². The van der Waals surface area contributed by atoms with Crippen molar-refractivity contribution in [2.75, 3.05) is 27.2 Å². The van der Waals surface area contributed by atoms with Gasteiger partial charge in [0.15, 0.2) is 6.54 Å². The molecule has 1 amide bonds. The van der Waals surface area contributed by atoms with Gasteiger partial charge < -0.3 is 9.80 Å². The Morgan fingerprint density at radius 1 is 0.639 bits per heavy atom. The second kappa shape index (κ2) is 25.8. The molecule has 0 rings (SSSR count). The number of likely N-dealkylation sites (N-methyl/N-ethyl adjacent to an activating group) is 1. The van der Waals surface area contributed by atoms with Crippen LogP contribution in [0.4, 0.5) is 0 Å². The van der Waals surface area contributed by atoms with Crippen molar-refractivity contribution in [3.05, 3.63) is 12.7 Å². The molecule has 1 unspecified atom stereocenters. The van der Waals surface area contributed by atoms with Gasteiger partial charge in [-0.3, -0.25) is 4.79 Å². The molecular weight excluding hydrogens is 440 g/mol. The molecule has 0 radical (unpaired) electrons. The fraction of sp³-hybridized carbons (Fsp3) is 0.909. The number of hydrogen-bond donors (Lipinski definition) is 1. The van der Waals surface area contributed by atoms with Crippen molar-refractivity contribution in [1.29, 1.82) is 0 Å². The lowest BCUT2D eigenvalue weighted by Crippen LogP contribution is -2.49. The molecule has 214 valence electrons. The Morgan fingerprint density at radius 2 is 0.972 bits per heavy atom. The Labute approximate surface area is 227 Å².